The van der Waals surface area contributed by atoms with Gasteiger partial charge in [-0.1, -0.05) is 0 Å². The van der Waals surface area contributed by atoms with Gasteiger partial charge < -0.3 is 19.7 Å². The van der Waals surface area contributed by atoms with Gasteiger partial charge in [-0.05, 0) is 25.1 Å². The maximum Gasteiger partial charge on any atom is 0.251 e. The van der Waals surface area contributed by atoms with Gasteiger partial charge >= 0.3 is 0 Å². The molecule has 0 aliphatic carbocycles. The van der Waals surface area contributed by atoms with Crippen molar-refractivity contribution in [3.8, 4) is 5.88 Å². The number of ether oxygens (including phenoxy) is 2. The van der Waals surface area contributed by atoms with Crippen molar-refractivity contribution >= 4 is 34.5 Å². The second-order valence-corrected chi connectivity index (χ2v) is 6.81. The number of carbonyl (C=O) groups is 1. The lowest BCUT2D eigenvalue weighted by atomic mass is 10.2. The number of amides is 1. The van der Waals surface area contributed by atoms with Crippen LogP contribution < -0.4 is 15.0 Å². The molecule has 3 aromatic rings. The summed E-state index contributed by atoms with van der Waals surface area (Å²) in [7, 11) is 0. The van der Waals surface area contributed by atoms with Crippen LogP contribution in [0.2, 0.25) is 0 Å². The summed E-state index contributed by atoms with van der Waals surface area (Å²) in [4.78, 5) is 23.2. The molecule has 28 heavy (non-hydrogen) atoms. The Hall–Kier alpha value is -2.85. The summed E-state index contributed by atoms with van der Waals surface area (Å²) in [5, 5.41) is 2.84. The van der Waals surface area contributed by atoms with Crippen molar-refractivity contribution in [2.24, 2.45) is 0 Å². The molecule has 0 radical (unpaired) electrons. The Kier molecular flexibility index (Phi) is 5.58. The molecule has 0 spiro atoms. The summed E-state index contributed by atoms with van der Waals surface area (Å²) in [6, 6.07) is 7.09. The van der Waals surface area contributed by atoms with Crippen LogP contribution in [0.5, 0.6) is 5.88 Å². The zero-order valence-electron chi connectivity index (χ0n) is 15.4. The third-order valence-electron chi connectivity index (χ3n) is 4.29. The van der Waals surface area contributed by atoms with Gasteiger partial charge in [0.15, 0.2) is 0 Å². The summed E-state index contributed by atoms with van der Waals surface area (Å²) >= 11 is 1.13. The third kappa shape index (κ3) is 4.34. The topological polar surface area (TPSA) is 102 Å². The lowest BCUT2D eigenvalue weighted by Gasteiger charge is -2.28. The van der Waals surface area contributed by atoms with Crippen molar-refractivity contribution < 1.29 is 14.3 Å². The smallest absolute Gasteiger partial charge is 0.251 e. The summed E-state index contributed by atoms with van der Waals surface area (Å²) in [6.45, 7) is 5.48. The van der Waals surface area contributed by atoms with Crippen molar-refractivity contribution in [1.29, 1.82) is 0 Å². The average molecular weight is 400 g/mol. The van der Waals surface area contributed by atoms with E-state index < -0.39 is 0 Å². The van der Waals surface area contributed by atoms with Gasteiger partial charge in [0.2, 0.25) is 5.88 Å². The molecule has 2 aromatic heterocycles. The van der Waals surface area contributed by atoms with Crippen LogP contribution in [0.15, 0.2) is 24.3 Å². The number of morpholine rings is 1. The number of rotatable bonds is 6. The van der Waals surface area contributed by atoms with Gasteiger partial charge in [0, 0.05) is 24.7 Å². The molecule has 4 rings (SSSR count). The molecule has 1 amide bonds. The van der Waals surface area contributed by atoms with Gasteiger partial charge in [0.05, 0.1) is 31.5 Å². The highest BCUT2D eigenvalue weighted by atomic mass is 32.1. The van der Waals surface area contributed by atoms with Crippen LogP contribution in [0.1, 0.15) is 16.2 Å². The van der Waals surface area contributed by atoms with E-state index in [0.29, 0.717) is 43.6 Å². The van der Waals surface area contributed by atoms with Crippen LogP contribution in [-0.4, -0.2) is 64.1 Å². The first kappa shape index (κ1) is 18.5. The van der Waals surface area contributed by atoms with Crippen LogP contribution in [-0.2, 0) is 4.74 Å². The quantitative estimate of drug-likeness (QED) is 0.620. The number of hydrogen-bond acceptors (Lipinski definition) is 9. The molecule has 1 N–H and O–H groups in total. The maximum atomic E-state index is 12.3. The highest BCUT2D eigenvalue weighted by molar-refractivity contribution is 7.00. The van der Waals surface area contributed by atoms with Crippen molar-refractivity contribution in [2.75, 3.05) is 44.4 Å². The molecular formula is C18H20N6O3S. The van der Waals surface area contributed by atoms with Crippen LogP contribution >= 0.6 is 11.7 Å². The van der Waals surface area contributed by atoms with E-state index in [-0.39, 0.29) is 5.91 Å². The van der Waals surface area contributed by atoms with Crippen molar-refractivity contribution in [1.82, 2.24) is 24.0 Å². The monoisotopic (exact) mass is 400 g/mol. The number of aromatic nitrogens is 4. The number of carbonyl (C=O) groups excluding carboxylic acids is 1. The average Bonchev–Trinajstić information content (AvgIpc) is 3.19. The minimum atomic E-state index is -0.175. The van der Waals surface area contributed by atoms with Crippen molar-refractivity contribution in [3.63, 3.8) is 0 Å². The molecule has 1 aliphatic heterocycles. The van der Waals surface area contributed by atoms with Crippen LogP contribution in [0.4, 0.5) is 5.82 Å². The summed E-state index contributed by atoms with van der Waals surface area (Å²) in [6.07, 6.45) is 0. The van der Waals surface area contributed by atoms with Gasteiger partial charge in [0.1, 0.15) is 29.3 Å². The van der Waals surface area contributed by atoms with E-state index in [9.17, 15) is 4.79 Å². The number of anilines is 1. The van der Waals surface area contributed by atoms with E-state index in [1.54, 1.807) is 18.2 Å². The van der Waals surface area contributed by atoms with Gasteiger partial charge in [-0.2, -0.15) is 13.7 Å². The Morgan fingerprint density at radius 2 is 2.04 bits per heavy atom. The first-order chi connectivity index (χ1) is 13.7. The predicted octanol–water partition coefficient (Wildman–Crippen LogP) is 1.44. The molecule has 0 saturated carbocycles. The zero-order chi connectivity index (χ0) is 19.3. The second kappa shape index (κ2) is 8.44. The highest BCUT2D eigenvalue weighted by Gasteiger charge is 2.14. The van der Waals surface area contributed by atoms with E-state index in [4.69, 9.17) is 9.47 Å². The minimum Gasteiger partial charge on any atom is -0.476 e. The molecule has 1 aromatic carbocycles. The van der Waals surface area contributed by atoms with E-state index in [2.05, 4.69) is 28.9 Å². The summed E-state index contributed by atoms with van der Waals surface area (Å²) < 4.78 is 19.4. The standard InChI is InChI=1S/C18H20N6O3S/c1-12-20-16(24-5-8-26-9-6-24)11-17(21-12)27-7-4-19-18(25)13-2-3-14-15(10-13)23-28-22-14/h2-3,10-11H,4-9H2,1H3,(H,19,25). The van der Waals surface area contributed by atoms with Gasteiger partial charge in [-0.25, -0.2) is 4.98 Å². The first-order valence-electron chi connectivity index (χ1n) is 9.01. The fourth-order valence-electron chi connectivity index (χ4n) is 2.90. The Morgan fingerprint density at radius 1 is 1.21 bits per heavy atom. The lowest BCUT2D eigenvalue weighted by molar-refractivity contribution is 0.0946. The SMILES string of the molecule is Cc1nc(OCCNC(=O)c2ccc3nsnc3c2)cc(N2CCOCC2)n1. The molecule has 0 atom stereocenters. The fraction of sp³-hybridized carbons (Fsp3) is 0.389. The fourth-order valence-corrected chi connectivity index (χ4v) is 3.42. The molecule has 0 unspecified atom stereocenters. The Bertz CT molecular complexity index is 973. The molecule has 1 saturated heterocycles. The van der Waals surface area contributed by atoms with Crippen LogP contribution in [0.3, 0.4) is 0 Å². The van der Waals surface area contributed by atoms with Crippen LogP contribution in [0.25, 0.3) is 11.0 Å². The summed E-state index contributed by atoms with van der Waals surface area (Å²) in [5.74, 6) is 1.80. The number of benzene rings is 1. The lowest BCUT2D eigenvalue weighted by Crippen LogP contribution is -2.37. The van der Waals surface area contributed by atoms with E-state index in [1.165, 1.54) is 0 Å². The van der Waals surface area contributed by atoms with E-state index in [0.717, 1.165) is 41.7 Å². The van der Waals surface area contributed by atoms with Crippen molar-refractivity contribution in [3.05, 3.63) is 35.7 Å². The number of nitrogens with one attached hydrogen (secondary N) is 1. The largest absolute Gasteiger partial charge is 0.476 e. The molecule has 0 bridgehead atoms. The van der Waals surface area contributed by atoms with Crippen molar-refractivity contribution in [2.45, 2.75) is 6.92 Å². The molecule has 3 heterocycles. The highest BCUT2D eigenvalue weighted by Crippen LogP contribution is 2.18. The third-order valence-corrected chi connectivity index (χ3v) is 4.85. The maximum absolute atomic E-state index is 12.3. The second-order valence-electron chi connectivity index (χ2n) is 6.28. The number of nitrogens with zero attached hydrogens (tertiary/aromatic N) is 5. The molecule has 1 fully saturated rings. The van der Waals surface area contributed by atoms with Crippen LogP contribution in [0, 0.1) is 6.92 Å². The number of hydrogen-bond donors (Lipinski definition) is 1. The molecular weight excluding hydrogens is 380 g/mol. The van der Waals surface area contributed by atoms with E-state index >= 15 is 0 Å². The normalized spacial score (nSPS) is 14.2. The van der Waals surface area contributed by atoms with E-state index in [1.807, 2.05) is 13.0 Å². The van der Waals surface area contributed by atoms with Gasteiger partial charge in [-0.15, -0.1) is 0 Å². The summed E-state index contributed by atoms with van der Waals surface area (Å²) in [5.41, 5.74) is 2.06. The minimum absolute atomic E-state index is 0.175. The molecule has 10 heteroatoms. The molecule has 1 aliphatic rings. The van der Waals surface area contributed by atoms with Gasteiger partial charge in [-0.3, -0.25) is 4.79 Å². The zero-order valence-corrected chi connectivity index (χ0v) is 16.2. The molecule has 9 nitrogen and oxygen atoms in total. The Labute approximate surface area is 166 Å². The van der Waals surface area contributed by atoms with Gasteiger partial charge in [0.25, 0.3) is 5.91 Å². The Morgan fingerprint density at radius 3 is 2.89 bits per heavy atom. The first-order valence-corrected chi connectivity index (χ1v) is 9.74. The Balaban J connectivity index is 1.31. The number of fused-ring (bicyclic) bond motifs is 1. The predicted molar refractivity (Wildman–Crippen MR) is 105 cm³/mol. The number of aryl methyl sites for hydroxylation is 1. The molecule has 146 valence electrons.